The number of halogens is 1. The number of carbonyl (C=O) groups excluding carboxylic acids is 3. The number of carbonyl (C=O) groups is 3. The maximum atomic E-state index is 13.1. The zero-order chi connectivity index (χ0) is 19.2. The fraction of sp³-hybridized carbons (Fsp3) is 0.286. The summed E-state index contributed by atoms with van der Waals surface area (Å²) >= 11 is 0. The molecule has 140 valence electrons. The van der Waals surface area contributed by atoms with E-state index in [1.165, 1.54) is 35.7 Å². The molecule has 27 heavy (non-hydrogen) atoms. The van der Waals surface area contributed by atoms with Crippen LogP contribution in [-0.4, -0.2) is 30.8 Å². The first-order valence-electron chi connectivity index (χ1n) is 8.87. The lowest BCUT2D eigenvalue weighted by atomic mass is 9.90. The standard InChI is InChI=1S/C21H20FNO4/c22-18-7-3-6-17(11-18)21(26)23-12-20(25)27-13-19(24)16-9-8-14-4-1-2-5-15(14)10-16/h3,6-11H,1-2,4-5,12-13H2,(H,23,26). The molecule has 0 saturated carbocycles. The molecule has 0 saturated heterocycles. The van der Waals surface area contributed by atoms with Crippen molar-refractivity contribution in [3.63, 3.8) is 0 Å². The summed E-state index contributed by atoms with van der Waals surface area (Å²) in [5.74, 6) is -2.15. The average molecular weight is 369 g/mol. The number of nitrogens with one attached hydrogen (secondary N) is 1. The zero-order valence-electron chi connectivity index (χ0n) is 14.8. The van der Waals surface area contributed by atoms with Gasteiger partial charge in [-0.25, -0.2) is 4.39 Å². The van der Waals surface area contributed by atoms with E-state index in [0.29, 0.717) is 5.56 Å². The van der Waals surface area contributed by atoms with E-state index in [-0.39, 0.29) is 18.0 Å². The summed E-state index contributed by atoms with van der Waals surface area (Å²) in [7, 11) is 0. The van der Waals surface area contributed by atoms with Gasteiger partial charge in [0.25, 0.3) is 5.91 Å². The summed E-state index contributed by atoms with van der Waals surface area (Å²) in [4.78, 5) is 35.8. The normalized spacial score (nSPS) is 12.8. The third kappa shape index (κ3) is 5.00. The highest BCUT2D eigenvalue weighted by molar-refractivity contribution is 5.99. The molecule has 1 aliphatic carbocycles. The maximum absolute atomic E-state index is 13.1. The van der Waals surface area contributed by atoms with Gasteiger partial charge in [-0.15, -0.1) is 0 Å². The lowest BCUT2D eigenvalue weighted by Crippen LogP contribution is -2.31. The van der Waals surface area contributed by atoms with Crippen molar-refractivity contribution in [3.8, 4) is 0 Å². The SMILES string of the molecule is O=C(CNC(=O)c1cccc(F)c1)OCC(=O)c1ccc2c(c1)CCCC2. The summed E-state index contributed by atoms with van der Waals surface area (Å²) in [6, 6.07) is 10.7. The summed E-state index contributed by atoms with van der Waals surface area (Å²) in [5, 5.41) is 2.34. The van der Waals surface area contributed by atoms with Crippen LogP contribution in [0.4, 0.5) is 4.39 Å². The van der Waals surface area contributed by atoms with Gasteiger partial charge < -0.3 is 10.1 Å². The molecule has 0 fully saturated rings. The summed E-state index contributed by atoms with van der Waals surface area (Å²) in [5.41, 5.74) is 3.08. The van der Waals surface area contributed by atoms with Crippen molar-refractivity contribution in [1.82, 2.24) is 5.32 Å². The minimum Gasteiger partial charge on any atom is -0.456 e. The number of esters is 1. The molecule has 0 unspecified atom stereocenters. The number of fused-ring (bicyclic) bond motifs is 1. The molecule has 0 aromatic heterocycles. The molecule has 0 aliphatic heterocycles. The van der Waals surface area contributed by atoms with Crippen molar-refractivity contribution in [2.45, 2.75) is 25.7 Å². The van der Waals surface area contributed by atoms with Crippen LogP contribution < -0.4 is 5.32 Å². The molecular formula is C21H20FNO4. The highest BCUT2D eigenvalue weighted by Gasteiger charge is 2.15. The maximum Gasteiger partial charge on any atom is 0.325 e. The van der Waals surface area contributed by atoms with E-state index in [1.54, 1.807) is 6.07 Å². The molecule has 0 atom stereocenters. The molecule has 0 radical (unpaired) electrons. The molecule has 1 aliphatic rings. The first-order chi connectivity index (χ1) is 13.0. The van der Waals surface area contributed by atoms with Gasteiger partial charge in [0.15, 0.2) is 12.4 Å². The van der Waals surface area contributed by atoms with Crippen LogP contribution in [0.5, 0.6) is 0 Å². The Morgan fingerprint density at radius 2 is 1.74 bits per heavy atom. The summed E-state index contributed by atoms with van der Waals surface area (Å²) in [6.45, 7) is -0.778. The van der Waals surface area contributed by atoms with E-state index in [1.807, 2.05) is 12.1 Å². The van der Waals surface area contributed by atoms with Gasteiger partial charge in [-0.2, -0.15) is 0 Å². The Hall–Kier alpha value is -3.02. The average Bonchev–Trinajstić information content (AvgIpc) is 2.69. The van der Waals surface area contributed by atoms with Crippen molar-refractivity contribution in [3.05, 3.63) is 70.5 Å². The van der Waals surface area contributed by atoms with Crippen LogP contribution in [0.15, 0.2) is 42.5 Å². The van der Waals surface area contributed by atoms with Gasteiger partial charge in [-0.3, -0.25) is 14.4 Å². The second-order valence-corrected chi connectivity index (χ2v) is 6.47. The molecule has 0 heterocycles. The Labute approximate surface area is 156 Å². The fourth-order valence-corrected chi connectivity index (χ4v) is 3.07. The number of rotatable bonds is 6. The largest absolute Gasteiger partial charge is 0.456 e. The smallest absolute Gasteiger partial charge is 0.325 e. The number of ketones is 1. The Bertz CT molecular complexity index is 878. The first kappa shape index (κ1) is 18.8. The quantitative estimate of drug-likeness (QED) is 0.628. The van der Waals surface area contributed by atoms with E-state index in [0.717, 1.165) is 25.3 Å². The van der Waals surface area contributed by atoms with E-state index in [9.17, 15) is 18.8 Å². The Balaban J connectivity index is 1.47. The van der Waals surface area contributed by atoms with Crippen molar-refractivity contribution < 1.29 is 23.5 Å². The molecule has 1 amide bonds. The van der Waals surface area contributed by atoms with Gasteiger partial charge in [0, 0.05) is 11.1 Å². The number of Topliss-reactive ketones (excluding diaryl/α,β-unsaturated/α-hetero) is 1. The number of ether oxygens (including phenoxy) is 1. The lowest BCUT2D eigenvalue weighted by molar-refractivity contribution is -0.141. The van der Waals surface area contributed by atoms with Gasteiger partial charge in [0.05, 0.1) is 0 Å². The van der Waals surface area contributed by atoms with Crippen molar-refractivity contribution in [2.75, 3.05) is 13.2 Å². The van der Waals surface area contributed by atoms with Gasteiger partial charge in [0.1, 0.15) is 12.4 Å². The monoisotopic (exact) mass is 369 g/mol. The van der Waals surface area contributed by atoms with Crippen molar-refractivity contribution in [2.24, 2.45) is 0 Å². The van der Waals surface area contributed by atoms with Crippen LogP contribution >= 0.6 is 0 Å². The van der Waals surface area contributed by atoms with Crippen LogP contribution in [0.1, 0.15) is 44.7 Å². The Morgan fingerprint density at radius 1 is 0.963 bits per heavy atom. The van der Waals surface area contributed by atoms with Crippen LogP contribution in [0, 0.1) is 5.82 Å². The summed E-state index contributed by atoms with van der Waals surface area (Å²) in [6.07, 6.45) is 4.27. The molecule has 5 nitrogen and oxygen atoms in total. The topological polar surface area (TPSA) is 72.5 Å². The minimum absolute atomic E-state index is 0.105. The second-order valence-electron chi connectivity index (χ2n) is 6.47. The van der Waals surface area contributed by atoms with Gasteiger partial charge >= 0.3 is 5.97 Å². The van der Waals surface area contributed by atoms with E-state index in [4.69, 9.17) is 4.74 Å². The van der Waals surface area contributed by atoms with Gasteiger partial charge in [0.2, 0.25) is 0 Å². The highest BCUT2D eigenvalue weighted by atomic mass is 19.1. The van der Waals surface area contributed by atoms with E-state index in [2.05, 4.69) is 5.32 Å². The zero-order valence-corrected chi connectivity index (χ0v) is 14.8. The van der Waals surface area contributed by atoms with Crippen LogP contribution in [0.3, 0.4) is 0 Å². The van der Waals surface area contributed by atoms with Gasteiger partial charge in [-0.1, -0.05) is 18.2 Å². The number of aryl methyl sites for hydroxylation is 2. The van der Waals surface area contributed by atoms with Crippen LogP contribution in [0.25, 0.3) is 0 Å². The predicted octanol–water partition coefficient (Wildman–Crippen LogP) is 2.86. The van der Waals surface area contributed by atoms with E-state index >= 15 is 0 Å². The molecule has 6 heteroatoms. The van der Waals surface area contributed by atoms with Crippen LogP contribution in [-0.2, 0) is 22.4 Å². The van der Waals surface area contributed by atoms with Gasteiger partial charge in [-0.05, 0) is 61.1 Å². The van der Waals surface area contributed by atoms with Crippen molar-refractivity contribution >= 4 is 17.7 Å². The minimum atomic E-state index is -0.730. The third-order valence-corrected chi connectivity index (χ3v) is 4.51. The highest BCUT2D eigenvalue weighted by Crippen LogP contribution is 2.22. The number of amides is 1. The predicted molar refractivity (Wildman–Crippen MR) is 97.1 cm³/mol. The molecule has 0 spiro atoms. The molecule has 0 bridgehead atoms. The second kappa shape index (κ2) is 8.58. The molecule has 2 aromatic carbocycles. The molecule has 3 rings (SSSR count). The Kier molecular flexibility index (Phi) is 5.96. The third-order valence-electron chi connectivity index (χ3n) is 4.51. The van der Waals surface area contributed by atoms with Crippen molar-refractivity contribution in [1.29, 1.82) is 0 Å². The first-order valence-corrected chi connectivity index (χ1v) is 8.87. The number of hydrogen-bond acceptors (Lipinski definition) is 4. The van der Waals surface area contributed by atoms with E-state index < -0.39 is 24.2 Å². The molecule has 1 N–H and O–H groups in total. The Morgan fingerprint density at radius 3 is 2.52 bits per heavy atom. The molecule has 2 aromatic rings. The number of hydrogen-bond donors (Lipinski definition) is 1. The van der Waals surface area contributed by atoms with Crippen LogP contribution in [0.2, 0.25) is 0 Å². The molecular weight excluding hydrogens is 349 g/mol. The number of benzene rings is 2. The summed E-state index contributed by atoms with van der Waals surface area (Å²) < 4.78 is 18.0. The lowest BCUT2D eigenvalue weighted by Gasteiger charge is -2.16. The fourth-order valence-electron chi connectivity index (χ4n) is 3.07.